The second kappa shape index (κ2) is 14.6. The Morgan fingerprint density at radius 1 is 0.471 bits per heavy atom. The fourth-order valence-electron chi connectivity index (χ4n) is 13.5. The molecule has 0 atom stereocenters. The number of hydrogen-bond acceptors (Lipinski definition) is 3. The first-order valence-corrected chi connectivity index (χ1v) is 26.3. The zero-order valence-corrected chi connectivity index (χ0v) is 44.6. The van der Waals surface area contributed by atoms with Gasteiger partial charge in [0.05, 0.1) is 6.85 Å². The molecule has 0 spiro atoms. The fourth-order valence-corrected chi connectivity index (χ4v) is 13.5. The minimum atomic E-state index is -0.403. The lowest BCUT2D eigenvalue weighted by molar-refractivity contribution is 0.332. The van der Waals surface area contributed by atoms with Crippen molar-refractivity contribution >= 4 is 68.4 Å². The van der Waals surface area contributed by atoms with Gasteiger partial charge < -0.3 is 9.32 Å². The maximum Gasteiger partial charge on any atom is 0.257 e. The Morgan fingerprint density at radius 2 is 0.957 bits per heavy atom. The van der Waals surface area contributed by atoms with Crippen LogP contribution in [-0.4, -0.2) is 6.71 Å². The molecule has 7 aromatic rings. The van der Waals surface area contributed by atoms with E-state index < -0.39 is 6.04 Å². The van der Waals surface area contributed by atoms with Crippen molar-refractivity contribution in [3.63, 3.8) is 0 Å². The van der Waals surface area contributed by atoms with E-state index >= 15 is 0 Å². The molecule has 358 valence electrons. The number of fused-ring (bicyclic) bond motifs is 9. The number of rotatable bonds is 3. The number of benzene rings is 6. The van der Waals surface area contributed by atoms with Crippen LogP contribution >= 0.6 is 0 Å². The number of hydrogen-bond donors (Lipinski definition) is 0. The summed E-state index contributed by atoms with van der Waals surface area (Å²) >= 11 is 0. The van der Waals surface area contributed by atoms with Gasteiger partial charge in [-0.15, -0.1) is 0 Å². The van der Waals surface area contributed by atoms with Gasteiger partial charge in [0.1, 0.15) is 5.58 Å². The predicted octanol–water partition coefficient (Wildman–Crippen LogP) is 16.5. The van der Waals surface area contributed by atoms with Crippen LogP contribution in [0.3, 0.4) is 0 Å². The third-order valence-electron chi connectivity index (χ3n) is 18.5. The molecular weight excluding hydrogens is 848 g/mol. The highest BCUT2D eigenvalue weighted by atomic mass is 16.4. The molecule has 70 heavy (non-hydrogen) atoms. The highest BCUT2D eigenvalue weighted by Crippen LogP contribution is 2.55. The van der Waals surface area contributed by atoms with E-state index in [-0.39, 0.29) is 74.4 Å². The van der Waals surface area contributed by atoms with E-state index in [9.17, 15) is 2.74 Å². The predicted molar refractivity (Wildman–Crippen MR) is 300 cm³/mol. The molecule has 1 aromatic heterocycles. The maximum absolute atomic E-state index is 9.51. The van der Waals surface area contributed by atoms with Crippen molar-refractivity contribution in [3.05, 3.63) is 148 Å². The zero-order valence-electron chi connectivity index (χ0n) is 49.6. The topological polar surface area (TPSA) is 19.6 Å². The van der Waals surface area contributed by atoms with Crippen LogP contribution in [0.4, 0.5) is 34.3 Å². The van der Waals surface area contributed by atoms with E-state index in [2.05, 4.69) is 193 Å². The van der Waals surface area contributed by atoms with Gasteiger partial charge in [0, 0.05) is 39.3 Å². The van der Waals surface area contributed by atoms with Crippen molar-refractivity contribution in [2.75, 3.05) is 9.80 Å². The summed E-state index contributed by atoms with van der Waals surface area (Å²) in [4.78, 5) is 4.78. The first-order chi connectivity index (χ1) is 34.8. The third kappa shape index (κ3) is 6.66. The lowest BCUT2D eigenvalue weighted by Crippen LogP contribution is -2.61. The average molecular weight is 928 g/mol. The Kier molecular flexibility index (Phi) is 8.36. The van der Waals surface area contributed by atoms with E-state index in [1.54, 1.807) is 0 Å². The van der Waals surface area contributed by atoms with Crippen molar-refractivity contribution in [3.8, 4) is 11.1 Å². The van der Waals surface area contributed by atoms with Gasteiger partial charge in [-0.1, -0.05) is 158 Å². The fraction of sp³-hybridized carbons (Fsp3) is 0.424. The van der Waals surface area contributed by atoms with E-state index in [4.69, 9.17) is 8.53 Å². The molecular formula is C66H75BN2O. The summed E-state index contributed by atoms with van der Waals surface area (Å²) in [7, 11) is 0. The monoisotopic (exact) mass is 928 g/mol. The minimum Gasteiger partial charge on any atom is -0.440 e. The van der Waals surface area contributed by atoms with Crippen molar-refractivity contribution in [1.29, 1.82) is 0 Å². The van der Waals surface area contributed by atoms with Gasteiger partial charge >= 0.3 is 0 Å². The summed E-state index contributed by atoms with van der Waals surface area (Å²) in [6.07, 6.45) is 6.49. The molecule has 0 saturated heterocycles. The second-order valence-corrected chi connectivity index (χ2v) is 27.0. The lowest BCUT2D eigenvalue weighted by Gasteiger charge is -2.47. The van der Waals surface area contributed by atoms with Gasteiger partial charge in [-0.05, 0) is 192 Å². The molecule has 0 amide bonds. The number of nitrogens with zero attached hydrogens (tertiary/aromatic N) is 2. The summed E-state index contributed by atoms with van der Waals surface area (Å²) < 4.78 is 53.2. The van der Waals surface area contributed by atoms with Gasteiger partial charge in [-0.25, -0.2) is 0 Å². The molecule has 0 N–H and O–H groups in total. The van der Waals surface area contributed by atoms with Crippen LogP contribution in [0.15, 0.2) is 113 Å². The Balaban J connectivity index is 1.28. The Bertz CT molecular complexity index is 3600. The van der Waals surface area contributed by atoms with Gasteiger partial charge in [0.25, 0.3) is 6.71 Å². The highest BCUT2D eigenvalue weighted by Gasteiger charge is 2.50. The van der Waals surface area contributed by atoms with Gasteiger partial charge in [-0.3, -0.25) is 4.90 Å². The van der Waals surface area contributed by atoms with Crippen molar-refractivity contribution in [1.82, 2.24) is 0 Å². The van der Waals surface area contributed by atoms with Crippen LogP contribution in [0.2, 0.25) is 0 Å². The molecule has 0 radical (unpaired) electrons. The molecule has 0 bridgehead atoms. The van der Waals surface area contributed by atoms with E-state index in [1.807, 2.05) is 0 Å². The third-order valence-corrected chi connectivity index (χ3v) is 18.5. The molecule has 3 nitrogen and oxygen atoms in total. The second-order valence-electron chi connectivity index (χ2n) is 27.0. The maximum atomic E-state index is 9.51. The smallest absolute Gasteiger partial charge is 0.257 e. The highest BCUT2D eigenvalue weighted by molar-refractivity contribution is 7.01. The Morgan fingerprint density at radius 3 is 1.53 bits per heavy atom. The Hall–Kier alpha value is -5.48. The molecule has 0 saturated carbocycles. The van der Waals surface area contributed by atoms with Gasteiger partial charge in [0.15, 0.2) is 0 Å². The summed E-state index contributed by atoms with van der Waals surface area (Å²) in [5.41, 5.74) is 19.0. The molecule has 3 aliphatic carbocycles. The molecule has 5 aliphatic rings. The van der Waals surface area contributed by atoms with Crippen molar-refractivity contribution in [2.45, 2.75) is 180 Å². The summed E-state index contributed by atoms with van der Waals surface area (Å²) in [6.45, 7) is 35.2. The molecule has 3 heterocycles. The summed E-state index contributed by atoms with van der Waals surface area (Å²) in [5.74, 6) is 0.752. The first kappa shape index (κ1) is 40.2. The quantitative estimate of drug-likeness (QED) is 0.165. The van der Waals surface area contributed by atoms with Crippen molar-refractivity contribution in [2.24, 2.45) is 0 Å². The molecule has 2 aliphatic heterocycles. The molecule has 0 unspecified atom stereocenters. The molecule has 12 rings (SSSR count). The largest absolute Gasteiger partial charge is 0.440 e. The number of anilines is 6. The van der Waals surface area contributed by atoms with E-state index in [0.717, 1.165) is 94.7 Å². The minimum absolute atomic E-state index is 0.00773. The van der Waals surface area contributed by atoms with Gasteiger partial charge in [0.2, 0.25) is 5.88 Å². The molecule has 0 fully saturated rings. The van der Waals surface area contributed by atoms with Gasteiger partial charge in [-0.2, -0.15) is 0 Å². The first-order valence-electron chi connectivity index (χ1n) is 28.8. The van der Waals surface area contributed by atoms with Crippen molar-refractivity contribution < 1.29 is 11.3 Å². The van der Waals surface area contributed by atoms with Crippen LogP contribution in [0.1, 0.15) is 188 Å². The van der Waals surface area contributed by atoms with Crippen LogP contribution in [0.25, 0.3) is 22.1 Å². The van der Waals surface area contributed by atoms with Crippen LogP contribution < -0.4 is 26.2 Å². The van der Waals surface area contributed by atoms with E-state index in [0.29, 0.717) is 5.56 Å². The summed E-state index contributed by atoms with van der Waals surface area (Å²) in [5, 5.41) is 1.12. The van der Waals surface area contributed by atoms with Crippen LogP contribution in [-0.2, 0) is 37.9 Å². The molecule has 6 aromatic carbocycles. The number of furan rings is 1. The summed E-state index contributed by atoms with van der Waals surface area (Å²) in [6, 6.07) is 28.7. The zero-order chi connectivity index (χ0) is 53.8. The SMILES string of the molecule is [2H]c1c([2H])c([2H])c(-c2cc3c4c(c2)N(c2ccc(C(C)(C)C)cc2)c2oc5cc6c(cc5c2B4c2cc4c(cc2N3c2ccc3c(c2)C(C)(C)CCC3(C)C)C(C)(C)CCC4(C)C)C(C)(C)CCC6(C)C)c([2H])c1[2H]. The van der Waals surface area contributed by atoms with Crippen LogP contribution in [0.5, 0.6) is 0 Å². The molecule has 4 heteroatoms. The standard InChI is InChI=1S/C66H75BN2O/c1-60(2,3)42-21-23-43(24-22-42)69-55-34-41(40-19-17-16-18-20-40)33-54-58(55)67(57-45-36-48-51(39-56(45)70-59(57)69)66(14,15)32-29-63(48,8)9)52-37-49-50(65(12,13)31-30-64(49,10)11)38-53(52)68(54)44-25-26-46-47(35-44)62(6,7)28-27-61(46,4)5/h16-26,33-39H,27-32H2,1-15H3/i16D,17D,18D,19D,20D. The normalized spacial score (nSPS) is 21.5. The Labute approximate surface area is 427 Å². The van der Waals surface area contributed by atoms with E-state index in [1.165, 1.54) is 44.4 Å². The lowest BCUT2D eigenvalue weighted by atomic mass is 9.33. The average Bonchev–Trinajstić information content (AvgIpc) is 3.75. The van der Waals surface area contributed by atoms with Crippen LogP contribution in [0, 0.1) is 0 Å².